The molecule has 2 rings (SSSR count). The molecule has 1 N–H and O–H groups in total. The molecule has 0 aliphatic heterocycles. The molecule has 0 spiro atoms. The van der Waals surface area contributed by atoms with Crippen molar-refractivity contribution >= 4 is 22.0 Å². The zero-order chi connectivity index (χ0) is 20.6. The number of hydrogen-bond acceptors (Lipinski definition) is 3. The minimum atomic E-state index is -3.49. The van der Waals surface area contributed by atoms with E-state index in [-0.39, 0.29) is 16.6 Å². The molecule has 0 unspecified atom stereocenters. The van der Waals surface area contributed by atoms with Crippen molar-refractivity contribution in [2.45, 2.75) is 25.2 Å². The molecule has 2 aromatic rings. The van der Waals surface area contributed by atoms with Gasteiger partial charge >= 0.3 is 0 Å². The first-order chi connectivity index (χ1) is 13.4. The molecule has 0 fully saturated rings. The zero-order valence-electron chi connectivity index (χ0n) is 16.1. The smallest absolute Gasteiger partial charge is 0.244 e. The summed E-state index contributed by atoms with van der Waals surface area (Å²) in [6.45, 7) is 4.73. The Kier molecular flexibility index (Phi) is 7.90. The number of sulfonamides is 1. The summed E-state index contributed by atoms with van der Waals surface area (Å²) in [7, 11) is -3.49. The molecule has 2 aromatic carbocycles. The van der Waals surface area contributed by atoms with E-state index in [2.05, 4.69) is 5.32 Å². The maximum absolute atomic E-state index is 13.5. The number of hydrogen-bond donors (Lipinski definition) is 1. The minimum Gasteiger partial charge on any atom is -0.352 e. The number of rotatable bonds is 9. The molecular weight excluding hydrogens is 379 g/mol. The van der Waals surface area contributed by atoms with Crippen molar-refractivity contribution in [3.63, 3.8) is 0 Å². The maximum atomic E-state index is 13.5. The van der Waals surface area contributed by atoms with Crippen LogP contribution in [0, 0.1) is 5.82 Å². The van der Waals surface area contributed by atoms with Crippen LogP contribution in [0.25, 0.3) is 6.08 Å². The van der Waals surface area contributed by atoms with Crippen LogP contribution in [0.3, 0.4) is 0 Å². The molecule has 1 amide bonds. The Morgan fingerprint density at radius 2 is 1.71 bits per heavy atom. The summed E-state index contributed by atoms with van der Waals surface area (Å²) in [4.78, 5) is 12.1. The predicted octanol–water partition coefficient (Wildman–Crippen LogP) is 3.23. The summed E-state index contributed by atoms with van der Waals surface area (Å²) in [6, 6.07) is 12.8. The van der Waals surface area contributed by atoms with Crippen LogP contribution in [0.1, 0.15) is 25.0 Å². The van der Waals surface area contributed by atoms with E-state index in [9.17, 15) is 17.6 Å². The van der Waals surface area contributed by atoms with Crippen LogP contribution < -0.4 is 5.32 Å². The van der Waals surface area contributed by atoms with Crippen molar-refractivity contribution in [2.75, 3.05) is 19.6 Å². The van der Waals surface area contributed by atoms with Crippen LogP contribution in [0.2, 0.25) is 0 Å². The fourth-order valence-corrected chi connectivity index (χ4v) is 4.17. The number of nitrogens with one attached hydrogen (secondary N) is 1. The summed E-state index contributed by atoms with van der Waals surface area (Å²) < 4.78 is 39.8. The van der Waals surface area contributed by atoms with Crippen LogP contribution in [-0.2, 0) is 21.2 Å². The molecule has 0 saturated carbocycles. The Hall–Kier alpha value is -2.51. The molecule has 0 saturated heterocycles. The number of nitrogens with zero attached hydrogens (tertiary/aromatic N) is 1. The lowest BCUT2D eigenvalue weighted by Gasteiger charge is -2.18. The molecule has 0 bridgehead atoms. The molecule has 28 heavy (non-hydrogen) atoms. The van der Waals surface area contributed by atoms with Crippen molar-refractivity contribution in [3.05, 3.63) is 71.6 Å². The number of benzene rings is 2. The van der Waals surface area contributed by atoms with Gasteiger partial charge < -0.3 is 5.32 Å². The SMILES string of the molecule is CCN(CC)S(=O)(=O)c1ccc(/C=C/C(=O)NCCc2ccccc2F)cc1. The monoisotopic (exact) mass is 404 g/mol. The van der Waals surface area contributed by atoms with E-state index in [1.807, 2.05) is 0 Å². The predicted molar refractivity (Wildman–Crippen MR) is 109 cm³/mol. The Bertz CT molecular complexity index is 921. The fraction of sp³-hybridized carbons (Fsp3) is 0.286. The van der Waals surface area contributed by atoms with E-state index in [0.717, 1.165) is 0 Å². The Morgan fingerprint density at radius 3 is 2.32 bits per heavy atom. The number of amides is 1. The molecule has 0 heterocycles. The first-order valence-electron chi connectivity index (χ1n) is 9.18. The van der Waals surface area contributed by atoms with Crippen LogP contribution in [0.4, 0.5) is 4.39 Å². The molecule has 0 aromatic heterocycles. The summed E-state index contributed by atoms with van der Waals surface area (Å²) in [5.74, 6) is -0.580. The van der Waals surface area contributed by atoms with Crippen LogP contribution in [-0.4, -0.2) is 38.3 Å². The van der Waals surface area contributed by atoms with Gasteiger partial charge in [-0.25, -0.2) is 12.8 Å². The summed E-state index contributed by atoms with van der Waals surface area (Å²) >= 11 is 0. The minimum absolute atomic E-state index is 0.225. The summed E-state index contributed by atoms with van der Waals surface area (Å²) in [6.07, 6.45) is 3.38. The molecule has 0 aliphatic carbocycles. The molecule has 0 radical (unpaired) electrons. The fourth-order valence-electron chi connectivity index (χ4n) is 2.72. The number of carbonyl (C=O) groups is 1. The standard InChI is InChI=1S/C21H25FN2O3S/c1-3-24(4-2)28(26,27)19-12-9-17(10-13-19)11-14-21(25)23-16-15-18-7-5-6-8-20(18)22/h5-14H,3-4,15-16H2,1-2H3,(H,23,25)/b14-11+. The third kappa shape index (κ3) is 5.74. The maximum Gasteiger partial charge on any atom is 0.244 e. The van der Waals surface area contributed by atoms with E-state index in [0.29, 0.717) is 37.2 Å². The van der Waals surface area contributed by atoms with Gasteiger partial charge in [0.1, 0.15) is 5.82 Å². The van der Waals surface area contributed by atoms with Gasteiger partial charge in [0.25, 0.3) is 0 Å². The van der Waals surface area contributed by atoms with Gasteiger partial charge in [0.15, 0.2) is 0 Å². The van der Waals surface area contributed by atoms with Gasteiger partial charge in [-0.05, 0) is 41.8 Å². The van der Waals surface area contributed by atoms with Crippen molar-refractivity contribution in [1.82, 2.24) is 9.62 Å². The lowest BCUT2D eigenvalue weighted by Crippen LogP contribution is -2.30. The first kappa shape index (κ1) is 21.8. The van der Waals surface area contributed by atoms with Gasteiger partial charge in [-0.1, -0.05) is 44.2 Å². The van der Waals surface area contributed by atoms with Crippen LogP contribution in [0.15, 0.2) is 59.5 Å². The Balaban J connectivity index is 1.91. The van der Waals surface area contributed by atoms with Gasteiger partial charge in [0.2, 0.25) is 15.9 Å². The average molecular weight is 405 g/mol. The van der Waals surface area contributed by atoms with Gasteiger partial charge in [0, 0.05) is 25.7 Å². The molecule has 0 aliphatic rings. The summed E-state index contributed by atoms with van der Waals surface area (Å²) in [5.41, 5.74) is 1.26. The molecule has 5 nitrogen and oxygen atoms in total. The van der Waals surface area contributed by atoms with Crippen molar-refractivity contribution < 1.29 is 17.6 Å². The number of carbonyl (C=O) groups excluding carboxylic acids is 1. The second kappa shape index (κ2) is 10.1. The normalized spacial score (nSPS) is 11.9. The van der Waals surface area contributed by atoms with Gasteiger partial charge in [0.05, 0.1) is 4.90 Å². The lowest BCUT2D eigenvalue weighted by atomic mass is 10.1. The molecular formula is C21H25FN2O3S. The van der Waals surface area contributed by atoms with E-state index < -0.39 is 10.0 Å². The quantitative estimate of drug-likeness (QED) is 0.653. The van der Waals surface area contributed by atoms with Crippen LogP contribution >= 0.6 is 0 Å². The second-order valence-electron chi connectivity index (χ2n) is 6.12. The molecule has 0 atom stereocenters. The van der Waals surface area contributed by atoms with Crippen LogP contribution in [0.5, 0.6) is 0 Å². The Morgan fingerprint density at radius 1 is 1.07 bits per heavy atom. The highest BCUT2D eigenvalue weighted by molar-refractivity contribution is 7.89. The Labute approximate surface area is 165 Å². The molecule has 150 valence electrons. The van der Waals surface area contributed by atoms with E-state index in [4.69, 9.17) is 0 Å². The average Bonchev–Trinajstić information content (AvgIpc) is 2.69. The van der Waals surface area contributed by atoms with Crippen molar-refractivity contribution in [2.24, 2.45) is 0 Å². The highest BCUT2D eigenvalue weighted by Crippen LogP contribution is 2.16. The highest BCUT2D eigenvalue weighted by Gasteiger charge is 2.20. The molecule has 7 heteroatoms. The van der Waals surface area contributed by atoms with Gasteiger partial charge in [-0.15, -0.1) is 0 Å². The third-order valence-electron chi connectivity index (χ3n) is 4.30. The topological polar surface area (TPSA) is 66.5 Å². The third-order valence-corrected chi connectivity index (χ3v) is 6.37. The largest absolute Gasteiger partial charge is 0.352 e. The number of halogens is 1. The zero-order valence-corrected chi connectivity index (χ0v) is 16.9. The van der Waals surface area contributed by atoms with E-state index in [1.54, 1.807) is 50.3 Å². The van der Waals surface area contributed by atoms with E-state index in [1.165, 1.54) is 28.6 Å². The van der Waals surface area contributed by atoms with Crippen molar-refractivity contribution in [1.29, 1.82) is 0 Å². The summed E-state index contributed by atoms with van der Waals surface area (Å²) in [5, 5.41) is 2.70. The van der Waals surface area contributed by atoms with Gasteiger partial charge in [-0.3, -0.25) is 4.79 Å². The lowest BCUT2D eigenvalue weighted by molar-refractivity contribution is -0.116. The van der Waals surface area contributed by atoms with Crippen molar-refractivity contribution in [3.8, 4) is 0 Å². The highest BCUT2D eigenvalue weighted by atomic mass is 32.2. The van der Waals surface area contributed by atoms with E-state index >= 15 is 0 Å². The second-order valence-corrected chi connectivity index (χ2v) is 8.06. The first-order valence-corrected chi connectivity index (χ1v) is 10.6. The van der Waals surface area contributed by atoms with Gasteiger partial charge in [-0.2, -0.15) is 4.31 Å².